The van der Waals surface area contributed by atoms with Gasteiger partial charge in [-0.3, -0.25) is 0 Å². The van der Waals surface area contributed by atoms with Crippen molar-refractivity contribution in [2.45, 2.75) is 32.4 Å². The first-order chi connectivity index (χ1) is 13.8. The van der Waals surface area contributed by atoms with Gasteiger partial charge in [-0.25, -0.2) is 4.99 Å². The Morgan fingerprint density at radius 1 is 1.04 bits per heavy atom. The van der Waals surface area contributed by atoms with Gasteiger partial charge in [-0.2, -0.15) is 0 Å². The highest BCUT2D eigenvalue weighted by molar-refractivity contribution is 5.79. The van der Waals surface area contributed by atoms with E-state index in [1.807, 2.05) is 30.3 Å². The molecule has 0 amide bonds. The van der Waals surface area contributed by atoms with Crippen LogP contribution in [0.3, 0.4) is 0 Å². The largest absolute Gasteiger partial charge is 0.490 e. The first kappa shape index (κ1) is 18.5. The summed E-state index contributed by atoms with van der Waals surface area (Å²) in [6.07, 6.45) is 1.95. The number of guanidine groups is 1. The van der Waals surface area contributed by atoms with Gasteiger partial charge in [0.2, 0.25) is 0 Å². The smallest absolute Gasteiger partial charge is 0.191 e. The topological polar surface area (TPSA) is 64.1 Å². The molecule has 0 aromatic heterocycles. The van der Waals surface area contributed by atoms with E-state index in [-0.39, 0.29) is 6.10 Å². The Morgan fingerprint density at radius 2 is 1.89 bits per heavy atom. The standard InChI is InChI=1S/C22H27N3O3/c1-2-23-22(25-15-18-13-17-6-3-4-7-19(17)28-18)24-14-16-8-9-20-21(12-16)27-11-5-10-26-20/h3-4,6-9,12,18H,2,5,10-11,13-15H2,1H3,(H2,23,24,25). The van der Waals surface area contributed by atoms with Crippen LogP contribution in [0.4, 0.5) is 0 Å². The summed E-state index contributed by atoms with van der Waals surface area (Å²) in [6.45, 7) is 5.53. The normalized spacial score (nSPS) is 18.0. The van der Waals surface area contributed by atoms with Crippen LogP contribution >= 0.6 is 0 Å². The van der Waals surface area contributed by atoms with Crippen LogP contribution in [-0.2, 0) is 13.0 Å². The zero-order chi connectivity index (χ0) is 19.2. The predicted octanol–water partition coefficient (Wildman–Crippen LogP) is 2.91. The van der Waals surface area contributed by atoms with Gasteiger partial charge in [0.05, 0.1) is 26.3 Å². The van der Waals surface area contributed by atoms with Crippen molar-refractivity contribution in [1.29, 1.82) is 0 Å². The van der Waals surface area contributed by atoms with E-state index < -0.39 is 0 Å². The van der Waals surface area contributed by atoms with Gasteiger partial charge in [-0.15, -0.1) is 0 Å². The van der Waals surface area contributed by atoms with Crippen molar-refractivity contribution in [1.82, 2.24) is 10.6 Å². The number of ether oxygens (including phenoxy) is 3. The van der Waals surface area contributed by atoms with Crippen molar-refractivity contribution in [3.63, 3.8) is 0 Å². The van der Waals surface area contributed by atoms with Crippen LogP contribution in [0.15, 0.2) is 47.5 Å². The van der Waals surface area contributed by atoms with Crippen molar-refractivity contribution in [3.05, 3.63) is 53.6 Å². The highest BCUT2D eigenvalue weighted by atomic mass is 16.5. The first-order valence-electron chi connectivity index (χ1n) is 9.97. The van der Waals surface area contributed by atoms with E-state index in [0.29, 0.717) is 26.3 Å². The quantitative estimate of drug-likeness (QED) is 0.616. The van der Waals surface area contributed by atoms with Gasteiger partial charge in [0.25, 0.3) is 0 Å². The molecule has 2 aliphatic rings. The Hall–Kier alpha value is -2.89. The highest BCUT2D eigenvalue weighted by Crippen LogP contribution is 2.30. The van der Waals surface area contributed by atoms with Crippen molar-refractivity contribution in [3.8, 4) is 17.2 Å². The van der Waals surface area contributed by atoms with E-state index in [4.69, 9.17) is 19.2 Å². The highest BCUT2D eigenvalue weighted by Gasteiger charge is 2.22. The number of hydrogen-bond donors (Lipinski definition) is 2. The Kier molecular flexibility index (Phi) is 5.85. The average Bonchev–Trinajstić information content (AvgIpc) is 2.99. The zero-order valence-electron chi connectivity index (χ0n) is 16.2. The zero-order valence-corrected chi connectivity index (χ0v) is 16.2. The maximum absolute atomic E-state index is 6.00. The summed E-state index contributed by atoms with van der Waals surface area (Å²) < 4.78 is 17.5. The van der Waals surface area contributed by atoms with Crippen LogP contribution in [0.5, 0.6) is 17.2 Å². The number of benzene rings is 2. The molecular formula is C22H27N3O3. The average molecular weight is 381 g/mol. The number of nitrogens with zero attached hydrogens (tertiary/aromatic N) is 1. The van der Waals surface area contributed by atoms with Crippen LogP contribution in [-0.4, -0.2) is 38.4 Å². The third-order valence-electron chi connectivity index (χ3n) is 4.79. The molecule has 0 saturated carbocycles. The summed E-state index contributed by atoms with van der Waals surface area (Å²) in [5, 5.41) is 6.70. The SMILES string of the molecule is CCNC(=NCc1ccc2c(c1)OCCCO2)NCC1Cc2ccccc2O1. The van der Waals surface area contributed by atoms with E-state index in [0.717, 1.165) is 48.2 Å². The molecule has 0 bridgehead atoms. The summed E-state index contributed by atoms with van der Waals surface area (Å²) in [5.74, 6) is 3.39. The van der Waals surface area contributed by atoms with E-state index in [9.17, 15) is 0 Å². The third kappa shape index (κ3) is 4.50. The number of aliphatic imine (C=N–C) groups is 1. The number of rotatable bonds is 5. The van der Waals surface area contributed by atoms with Crippen molar-refractivity contribution in [2.75, 3.05) is 26.3 Å². The second-order valence-corrected chi connectivity index (χ2v) is 6.96. The van der Waals surface area contributed by atoms with E-state index >= 15 is 0 Å². The maximum Gasteiger partial charge on any atom is 0.191 e. The fourth-order valence-electron chi connectivity index (χ4n) is 3.40. The molecule has 2 N–H and O–H groups in total. The molecule has 0 radical (unpaired) electrons. The molecule has 4 rings (SSSR count). The molecule has 2 aliphatic heterocycles. The summed E-state index contributed by atoms with van der Waals surface area (Å²) in [5.41, 5.74) is 2.36. The molecule has 28 heavy (non-hydrogen) atoms. The van der Waals surface area contributed by atoms with Crippen molar-refractivity contribution < 1.29 is 14.2 Å². The molecule has 2 heterocycles. The minimum absolute atomic E-state index is 0.124. The first-order valence-corrected chi connectivity index (χ1v) is 9.97. The Labute approximate surface area is 165 Å². The van der Waals surface area contributed by atoms with E-state index in [1.54, 1.807) is 0 Å². The van der Waals surface area contributed by atoms with Gasteiger partial charge >= 0.3 is 0 Å². The molecule has 0 fully saturated rings. The van der Waals surface area contributed by atoms with Crippen LogP contribution in [0, 0.1) is 0 Å². The van der Waals surface area contributed by atoms with Gasteiger partial charge in [0, 0.05) is 19.4 Å². The van der Waals surface area contributed by atoms with Crippen LogP contribution in [0.25, 0.3) is 0 Å². The molecule has 1 atom stereocenters. The van der Waals surface area contributed by atoms with Crippen LogP contribution < -0.4 is 24.8 Å². The lowest BCUT2D eigenvalue weighted by molar-refractivity contribution is 0.235. The summed E-state index contributed by atoms with van der Waals surface area (Å²) in [6, 6.07) is 14.2. The third-order valence-corrected chi connectivity index (χ3v) is 4.79. The van der Waals surface area contributed by atoms with E-state index in [1.165, 1.54) is 5.56 Å². The monoisotopic (exact) mass is 381 g/mol. The molecule has 148 valence electrons. The number of fused-ring (bicyclic) bond motifs is 2. The maximum atomic E-state index is 6.00. The number of nitrogens with one attached hydrogen (secondary N) is 2. The molecule has 2 aromatic rings. The molecule has 6 nitrogen and oxygen atoms in total. The number of para-hydroxylation sites is 1. The molecule has 0 spiro atoms. The Balaban J connectivity index is 1.35. The predicted molar refractivity (Wildman–Crippen MR) is 109 cm³/mol. The molecule has 0 saturated heterocycles. The minimum atomic E-state index is 0.124. The number of hydrogen-bond acceptors (Lipinski definition) is 4. The Bertz CT molecular complexity index is 813. The summed E-state index contributed by atoms with van der Waals surface area (Å²) in [4.78, 5) is 4.71. The summed E-state index contributed by atoms with van der Waals surface area (Å²) >= 11 is 0. The lowest BCUT2D eigenvalue weighted by Crippen LogP contribution is -2.42. The van der Waals surface area contributed by atoms with Gasteiger partial charge in [0.15, 0.2) is 17.5 Å². The van der Waals surface area contributed by atoms with Gasteiger partial charge < -0.3 is 24.8 Å². The molecule has 6 heteroatoms. The van der Waals surface area contributed by atoms with E-state index in [2.05, 4.69) is 29.7 Å². The molecule has 0 aliphatic carbocycles. The fraction of sp³-hybridized carbons (Fsp3) is 0.409. The van der Waals surface area contributed by atoms with Crippen LogP contribution in [0.1, 0.15) is 24.5 Å². The minimum Gasteiger partial charge on any atom is -0.490 e. The summed E-state index contributed by atoms with van der Waals surface area (Å²) in [7, 11) is 0. The Morgan fingerprint density at radius 3 is 2.75 bits per heavy atom. The molecule has 2 aromatic carbocycles. The molecular weight excluding hydrogens is 354 g/mol. The van der Waals surface area contributed by atoms with Crippen molar-refractivity contribution >= 4 is 5.96 Å². The molecule has 1 unspecified atom stereocenters. The van der Waals surface area contributed by atoms with Crippen LogP contribution in [0.2, 0.25) is 0 Å². The fourth-order valence-corrected chi connectivity index (χ4v) is 3.40. The van der Waals surface area contributed by atoms with Crippen molar-refractivity contribution in [2.24, 2.45) is 4.99 Å². The second-order valence-electron chi connectivity index (χ2n) is 6.96. The lowest BCUT2D eigenvalue weighted by atomic mass is 10.1. The van der Waals surface area contributed by atoms with Gasteiger partial charge in [-0.1, -0.05) is 24.3 Å². The van der Waals surface area contributed by atoms with Gasteiger partial charge in [-0.05, 0) is 36.2 Å². The van der Waals surface area contributed by atoms with Gasteiger partial charge in [0.1, 0.15) is 11.9 Å². The second kappa shape index (κ2) is 8.87. The lowest BCUT2D eigenvalue weighted by Gasteiger charge is -2.15.